The molecule has 10 rings (SSSR count). The molecule has 0 amide bonds. The summed E-state index contributed by atoms with van der Waals surface area (Å²) in [5.41, 5.74) is 11.3. The summed E-state index contributed by atoms with van der Waals surface area (Å²) in [4.78, 5) is 2.65. The van der Waals surface area contributed by atoms with Gasteiger partial charge in [0.25, 0.3) is 0 Å². The van der Waals surface area contributed by atoms with Gasteiger partial charge in [-0.1, -0.05) is 133 Å². The largest absolute Gasteiger partial charge is 0.309 e. The molecule has 1 aliphatic rings. The van der Waals surface area contributed by atoms with Crippen LogP contribution in [0.5, 0.6) is 0 Å². The molecule has 0 bridgehead atoms. The molecule has 1 aromatic heterocycles. The van der Waals surface area contributed by atoms with Crippen LogP contribution < -0.4 is 0 Å². The third-order valence-corrected chi connectivity index (χ3v) is 10.7. The molecule has 46 heavy (non-hydrogen) atoms. The number of nitrogens with zero attached hydrogens (tertiary/aromatic N) is 1. The Morgan fingerprint density at radius 1 is 0.391 bits per heavy atom. The Morgan fingerprint density at radius 2 is 1.09 bits per heavy atom. The average molecular weight is 602 g/mol. The third kappa shape index (κ3) is 3.71. The van der Waals surface area contributed by atoms with E-state index >= 15 is 0 Å². The topological polar surface area (TPSA) is 4.93 Å². The number of rotatable bonds is 3. The molecule has 0 spiro atoms. The quantitative estimate of drug-likeness (QED) is 0.195. The Morgan fingerprint density at radius 3 is 2.00 bits per heavy atom. The molecule has 1 aliphatic heterocycles. The van der Waals surface area contributed by atoms with E-state index in [2.05, 4.69) is 168 Å². The molecule has 2 heteroatoms. The van der Waals surface area contributed by atoms with E-state index in [9.17, 15) is 0 Å². The minimum Gasteiger partial charge on any atom is -0.309 e. The molecular formula is C44H27NS. The first-order valence-corrected chi connectivity index (χ1v) is 16.6. The Labute approximate surface area is 271 Å². The first kappa shape index (κ1) is 25.7. The van der Waals surface area contributed by atoms with Gasteiger partial charge in [0.05, 0.1) is 11.0 Å². The lowest BCUT2D eigenvalue weighted by Crippen LogP contribution is -1.95. The minimum atomic E-state index is 1.17. The standard InChI is InChI=1S/C44H27NS/c1-2-15-31(16-3-1)45-39-22-8-6-19-37(39)43-38(27-30-12-4-5-17-33(30)44(43)45)29-14-10-13-28(26-29)32-24-25-41-42-35(32)20-11-21-36(42)34-18-7-9-23-40(34)46-41/h1-27H. The molecule has 0 saturated carbocycles. The second-order valence-electron chi connectivity index (χ2n) is 12.1. The molecule has 9 aromatic rings. The molecule has 0 saturated heterocycles. The number of para-hydroxylation sites is 2. The number of hydrogen-bond acceptors (Lipinski definition) is 1. The molecule has 0 radical (unpaired) electrons. The highest BCUT2D eigenvalue weighted by molar-refractivity contribution is 7.99. The Hall–Kier alpha value is -5.57. The van der Waals surface area contributed by atoms with Gasteiger partial charge >= 0.3 is 0 Å². The van der Waals surface area contributed by atoms with Gasteiger partial charge < -0.3 is 4.57 Å². The summed E-state index contributed by atoms with van der Waals surface area (Å²) in [6, 6.07) is 60.2. The summed E-state index contributed by atoms with van der Waals surface area (Å²) in [5.74, 6) is 0. The Bertz CT molecular complexity index is 2660. The third-order valence-electron chi connectivity index (χ3n) is 9.56. The van der Waals surface area contributed by atoms with Crippen LogP contribution in [-0.4, -0.2) is 4.57 Å². The lowest BCUT2D eigenvalue weighted by atomic mass is 9.90. The summed E-state index contributed by atoms with van der Waals surface area (Å²) >= 11 is 1.88. The van der Waals surface area contributed by atoms with E-state index in [0.29, 0.717) is 0 Å². The summed E-state index contributed by atoms with van der Waals surface area (Å²) < 4.78 is 2.45. The molecule has 0 fully saturated rings. The number of hydrogen-bond donors (Lipinski definition) is 0. The van der Waals surface area contributed by atoms with Crippen molar-refractivity contribution in [3.63, 3.8) is 0 Å². The highest BCUT2D eigenvalue weighted by Gasteiger charge is 2.22. The summed E-state index contributed by atoms with van der Waals surface area (Å²) in [7, 11) is 0. The van der Waals surface area contributed by atoms with Gasteiger partial charge in [-0.25, -0.2) is 0 Å². The maximum absolute atomic E-state index is 2.45. The van der Waals surface area contributed by atoms with Crippen LogP contribution in [0.1, 0.15) is 0 Å². The van der Waals surface area contributed by atoms with Crippen molar-refractivity contribution >= 4 is 55.1 Å². The van der Waals surface area contributed by atoms with E-state index in [1.54, 1.807) is 0 Å². The van der Waals surface area contributed by atoms with Crippen LogP contribution in [0, 0.1) is 0 Å². The predicted octanol–water partition coefficient (Wildman–Crippen LogP) is 12.6. The van der Waals surface area contributed by atoms with Crippen molar-refractivity contribution in [3.05, 3.63) is 164 Å². The van der Waals surface area contributed by atoms with Gasteiger partial charge in [-0.15, -0.1) is 0 Å². The fourth-order valence-electron chi connectivity index (χ4n) is 7.59. The van der Waals surface area contributed by atoms with Crippen molar-refractivity contribution in [1.82, 2.24) is 4.57 Å². The highest BCUT2D eigenvalue weighted by atomic mass is 32.2. The molecule has 1 nitrogen and oxygen atoms in total. The van der Waals surface area contributed by atoms with Crippen LogP contribution in [0.25, 0.3) is 82.4 Å². The number of aromatic nitrogens is 1. The smallest absolute Gasteiger partial charge is 0.0625 e. The lowest BCUT2D eigenvalue weighted by molar-refractivity contribution is 1.19. The first-order valence-electron chi connectivity index (χ1n) is 15.8. The molecule has 2 heterocycles. The second kappa shape index (κ2) is 9.97. The molecule has 0 atom stereocenters. The maximum Gasteiger partial charge on any atom is 0.0625 e. The van der Waals surface area contributed by atoms with Crippen molar-refractivity contribution < 1.29 is 0 Å². The minimum absolute atomic E-state index is 1.17. The summed E-state index contributed by atoms with van der Waals surface area (Å²) in [6.07, 6.45) is 0. The summed E-state index contributed by atoms with van der Waals surface area (Å²) in [5, 5.41) is 7.73. The van der Waals surface area contributed by atoms with Gasteiger partial charge in [-0.3, -0.25) is 0 Å². The van der Waals surface area contributed by atoms with E-state index in [1.807, 2.05) is 11.8 Å². The van der Waals surface area contributed by atoms with Gasteiger partial charge in [-0.2, -0.15) is 0 Å². The lowest BCUT2D eigenvalue weighted by Gasteiger charge is -2.21. The molecule has 0 N–H and O–H groups in total. The normalized spacial score (nSPS) is 12.3. The molecule has 214 valence electrons. The van der Waals surface area contributed by atoms with Crippen LogP contribution in [0.3, 0.4) is 0 Å². The first-order chi connectivity index (χ1) is 22.8. The van der Waals surface area contributed by atoms with Crippen LogP contribution in [-0.2, 0) is 0 Å². The molecule has 0 unspecified atom stereocenters. The molecule has 8 aromatic carbocycles. The molecular weight excluding hydrogens is 575 g/mol. The van der Waals surface area contributed by atoms with Crippen molar-refractivity contribution in [3.8, 4) is 39.1 Å². The Kier molecular flexibility index (Phi) is 5.58. The van der Waals surface area contributed by atoms with E-state index < -0.39 is 0 Å². The SMILES string of the molecule is c1ccc(-n2c3ccccc3c3c(-c4cccc(-c5ccc6c7c(cccc57)-c5ccccc5S6)c4)cc4ccccc4c32)cc1. The fourth-order valence-corrected chi connectivity index (χ4v) is 8.72. The van der Waals surface area contributed by atoms with Crippen LogP contribution >= 0.6 is 11.8 Å². The zero-order valence-electron chi connectivity index (χ0n) is 24.9. The molecule has 0 aliphatic carbocycles. The van der Waals surface area contributed by atoms with Crippen molar-refractivity contribution in [1.29, 1.82) is 0 Å². The van der Waals surface area contributed by atoms with Gasteiger partial charge in [-0.05, 0) is 86.6 Å². The summed E-state index contributed by atoms with van der Waals surface area (Å²) in [6.45, 7) is 0. The van der Waals surface area contributed by atoms with E-state index in [1.165, 1.54) is 92.2 Å². The van der Waals surface area contributed by atoms with Crippen LogP contribution in [0.4, 0.5) is 0 Å². The maximum atomic E-state index is 2.45. The van der Waals surface area contributed by atoms with E-state index in [-0.39, 0.29) is 0 Å². The zero-order chi connectivity index (χ0) is 30.2. The van der Waals surface area contributed by atoms with Crippen LogP contribution in [0.2, 0.25) is 0 Å². The fraction of sp³-hybridized carbons (Fsp3) is 0. The van der Waals surface area contributed by atoms with Crippen molar-refractivity contribution in [2.24, 2.45) is 0 Å². The van der Waals surface area contributed by atoms with Crippen molar-refractivity contribution in [2.75, 3.05) is 0 Å². The zero-order valence-corrected chi connectivity index (χ0v) is 25.8. The van der Waals surface area contributed by atoms with Gasteiger partial charge in [0.2, 0.25) is 0 Å². The van der Waals surface area contributed by atoms with Gasteiger partial charge in [0, 0.05) is 37.0 Å². The van der Waals surface area contributed by atoms with E-state index in [0.717, 1.165) is 0 Å². The van der Waals surface area contributed by atoms with E-state index in [4.69, 9.17) is 0 Å². The van der Waals surface area contributed by atoms with Crippen LogP contribution in [0.15, 0.2) is 174 Å². The average Bonchev–Trinajstić information content (AvgIpc) is 3.48. The van der Waals surface area contributed by atoms with Gasteiger partial charge in [0.1, 0.15) is 0 Å². The van der Waals surface area contributed by atoms with Crippen molar-refractivity contribution in [2.45, 2.75) is 9.79 Å². The predicted molar refractivity (Wildman–Crippen MR) is 196 cm³/mol. The van der Waals surface area contributed by atoms with Gasteiger partial charge in [0.15, 0.2) is 0 Å². The monoisotopic (exact) mass is 601 g/mol. The highest BCUT2D eigenvalue weighted by Crippen LogP contribution is 2.50. The second-order valence-corrected chi connectivity index (χ2v) is 13.2. The Balaban J connectivity index is 1.25. The number of benzene rings is 8. The number of fused-ring (bicyclic) bond motifs is 7.